The van der Waals surface area contributed by atoms with E-state index in [2.05, 4.69) is 12.2 Å². The Hall–Kier alpha value is -0.650. The van der Waals surface area contributed by atoms with Crippen molar-refractivity contribution in [3.8, 4) is 0 Å². The summed E-state index contributed by atoms with van der Waals surface area (Å²) >= 11 is 0. The molecule has 1 saturated carbocycles. The van der Waals surface area contributed by atoms with Crippen LogP contribution in [0, 0.1) is 5.92 Å². The molecule has 0 spiro atoms. The van der Waals surface area contributed by atoms with Crippen LogP contribution in [0.2, 0.25) is 0 Å². The van der Waals surface area contributed by atoms with E-state index in [1.165, 1.54) is 0 Å². The second-order valence-corrected chi connectivity index (χ2v) is 5.60. The summed E-state index contributed by atoms with van der Waals surface area (Å²) in [5, 5.41) is 3.41. The third kappa shape index (κ3) is 4.72. The monoisotopic (exact) mass is 286 g/mol. The van der Waals surface area contributed by atoms with Crippen molar-refractivity contribution >= 4 is 5.91 Å². The zero-order valence-corrected chi connectivity index (χ0v) is 13.0. The minimum absolute atomic E-state index is 0.201. The predicted octanol–water partition coefficient (Wildman–Crippen LogP) is 1.45. The van der Waals surface area contributed by atoms with Crippen LogP contribution in [0.15, 0.2) is 0 Å². The van der Waals surface area contributed by atoms with Crippen LogP contribution in [-0.4, -0.2) is 44.9 Å². The highest BCUT2D eigenvalue weighted by atomic mass is 16.5. The number of nitrogens with two attached hydrogens (primary N) is 1. The molecule has 0 aromatic rings. The van der Waals surface area contributed by atoms with Gasteiger partial charge < -0.3 is 20.5 Å². The van der Waals surface area contributed by atoms with Gasteiger partial charge >= 0.3 is 0 Å². The van der Waals surface area contributed by atoms with E-state index in [1.807, 2.05) is 0 Å². The summed E-state index contributed by atoms with van der Waals surface area (Å²) in [6.07, 6.45) is 5.80. The van der Waals surface area contributed by atoms with E-state index < -0.39 is 5.54 Å². The van der Waals surface area contributed by atoms with Gasteiger partial charge in [0.05, 0.1) is 0 Å². The molecule has 5 heteroatoms. The molecule has 1 rings (SSSR count). The van der Waals surface area contributed by atoms with Crippen molar-refractivity contribution in [2.45, 2.75) is 51.0 Å². The number of nitrogens with one attached hydrogen (secondary N) is 1. The molecule has 2 unspecified atom stereocenters. The van der Waals surface area contributed by atoms with Crippen LogP contribution in [0.4, 0.5) is 0 Å². The first-order valence-electron chi connectivity index (χ1n) is 7.79. The van der Waals surface area contributed by atoms with E-state index in [1.54, 1.807) is 7.11 Å². The van der Waals surface area contributed by atoms with Gasteiger partial charge in [0.15, 0.2) is 0 Å². The molecule has 5 nitrogen and oxygen atoms in total. The molecule has 1 aliphatic carbocycles. The van der Waals surface area contributed by atoms with Crippen molar-refractivity contribution < 1.29 is 14.3 Å². The number of hydrogen-bond acceptors (Lipinski definition) is 4. The predicted molar refractivity (Wildman–Crippen MR) is 79.5 cm³/mol. The number of rotatable bonds is 11. The molecule has 0 aliphatic heterocycles. The van der Waals surface area contributed by atoms with Crippen molar-refractivity contribution in [1.82, 2.24) is 5.32 Å². The van der Waals surface area contributed by atoms with Crippen LogP contribution >= 0.6 is 0 Å². The highest BCUT2D eigenvalue weighted by Crippen LogP contribution is 2.37. The van der Waals surface area contributed by atoms with E-state index in [-0.39, 0.29) is 5.91 Å². The zero-order valence-electron chi connectivity index (χ0n) is 13.0. The molecule has 0 radical (unpaired) electrons. The smallest absolute Gasteiger partial charge is 0.238 e. The number of primary amides is 1. The van der Waals surface area contributed by atoms with Gasteiger partial charge in [-0.25, -0.2) is 0 Å². The number of methoxy groups -OCH3 is 1. The van der Waals surface area contributed by atoms with Gasteiger partial charge in [0.25, 0.3) is 0 Å². The topological polar surface area (TPSA) is 73.6 Å². The zero-order chi connectivity index (χ0) is 14.8. The molecule has 20 heavy (non-hydrogen) atoms. The lowest BCUT2D eigenvalue weighted by atomic mass is 9.84. The highest BCUT2D eigenvalue weighted by molar-refractivity contribution is 5.85. The van der Waals surface area contributed by atoms with Crippen molar-refractivity contribution in [3.05, 3.63) is 0 Å². The fraction of sp³-hybridized carbons (Fsp3) is 0.933. The first-order valence-corrected chi connectivity index (χ1v) is 7.79. The van der Waals surface area contributed by atoms with Gasteiger partial charge in [0.1, 0.15) is 5.54 Å². The van der Waals surface area contributed by atoms with Gasteiger partial charge in [0, 0.05) is 26.9 Å². The normalized spacial score (nSPS) is 26.0. The average molecular weight is 286 g/mol. The molecule has 0 aromatic heterocycles. The lowest BCUT2D eigenvalue weighted by Crippen LogP contribution is -2.58. The molecule has 1 fully saturated rings. The number of carbonyl (C=O) groups is 1. The molecular weight excluding hydrogens is 256 g/mol. The van der Waals surface area contributed by atoms with Crippen LogP contribution in [0.3, 0.4) is 0 Å². The van der Waals surface area contributed by atoms with Crippen LogP contribution < -0.4 is 11.1 Å². The van der Waals surface area contributed by atoms with Crippen LogP contribution in [0.25, 0.3) is 0 Å². The number of ether oxygens (including phenoxy) is 2. The molecule has 118 valence electrons. The second-order valence-electron chi connectivity index (χ2n) is 5.60. The summed E-state index contributed by atoms with van der Waals surface area (Å²) in [7, 11) is 1.69. The van der Waals surface area contributed by atoms with Crippen LogP contribution in [-0.2, 0) is 14.3 Å². The Morgan fingerprint density at radius 2 is 2.20 bits per heavy atom. The first kappa shape index (κ1) is 17.4. The molecule has 0 aromatic carbocycles. The summed E-state index contributed by atoms with van der Waals surface area (Å²) in [4.78, 5) is 11.9. The molecule has 1 aliphatic rings. The number of hydrogen-bond donors (Lipinski definition) is 2. The summed E-state index contributed by atoms with van der Waals surface area (Å²) in [5.41, 5.74) is 5.17. The van der Waals surface area contributed by atoms with E-state index in [9.17, 15) is 4.79 Å². The Morgan fingerprint density at radius 1 is 1.40 bits per heavy atom. The van der Waals surface area contributed by atoms with Gasteiger partial charge in [0.2, 0.25) is 5.91 Å². The Labute approximate surface area is 122 Å². The SMILES string of the molecule is CCCNC1(C(N)=O)CCCC1CCOCCCOC. The Kier molecular flexibility index (Phi) is 8.11. The highest BCUT2D eigenvalue weighted by Gasteiger charge is 2.46. The number of carbonyl (C=O) groups excluding carboxylic acids is 1. The van der Waals surface area contributed by atoms with Crippen LogP contribution in [0.5, 0.6) is 0 Å². The lowest BCUT2D eigenvalue weighted by molar-refractivity contribution is -0.126. The molecule has 0 bridgehead atoms. The minimum Gasteiger partial charge on any atom is -0.385 e. The van der Waals surface area contributed by atoms with Crippen molar-refractivity contribution in [1.29, 1.82) is 0 Å². The standard InChI is InChI=1S/C15H30N2O3/c1-3-9-17-15(14(16)18)8-4-6-13(15)7-12-20-11-5-10-19-2/h13,17H,3-12H2,1-2H3,(H2,16,18). The van der Waals surface area contributed by atoms with E-state index in [0.717, 1.165) is 51.7 Å². The molecule has 0 heterocycles. The third-order valence-corrected chi connectivity index (χ3v) is 4.20. The summed E-state index contributed by atoms with van der Waals surface area (Å²) in [6.45, 7) is 5.08. The first-order chi connectivity index (χ1) is 9.67. The maximum atomic E-state index is 11.9. The Balaban J connectivity index is 2.39. The Morgan fingerprint density at radius 3 is 2.85 bits per heavy atom. The van der Waals surface area contributed by atoms with Crippen LogP contribution in [0.1, 0.15) is 45.4 Å². The summed E-state index contributed by atoms with van der Waals surface area (Å²) < 4.78 is 10.6. The average Bonchev–Trinajstić information content (AvgIpc) is 2.84. The second kappa shape index (κ2) is 9.32. The van der Waals surface area contributed by atoms with Crippen molar-refractivity contribution in [2.75, 3.05) is 33.5 Å². The van der Waals surface area contributed by atoms with E-state index >= 15 is 0 Å². The largest absolute Gasteiger partial charge is 0.385 e. The fourth-order valence-electron chi connectivity index (χ4n) is 3.09. The summed E-state index contributed by atoms with van der Waals surface area (Å²) in [5.74, 6) is 0.0989. The van der Waals surface area contributed by atoms with Gasteiger partial charge in [-0.15, -0.1) is 0 Å². The molecule has 3 N–H and O–H groups in total. The maximum Gasteiger partial charge on any atom is 0.238 e. The third-order valence-electron chi connectivity index (χ3n) is 4.20. The van der Waals surface area contributed by atoms with E-state index in [4.69, 9.17) is 15.2 Å². The van der Waals surface area contributed by atoms with Crippen molar-refractivity contribution in [3.63, 3.8) is 0 Å². The Bertz CT molecular complexity index is 286. The van der Waals surface area contributed by atoms with Gasteiger partial charge in [-0.1, -0.05) is 13.3 Å². The molecular formula is C15H30N2O3. The van der Waals surface area contributed by atoms with Crippen molar-refractivity contribution in [2.24, 2.45) is 11.7 Å². The number of amides is 1. The molecule has 2 atom stereocenters. The fourth-order valence-corrected chi connectivity index (χ4v) is 3.09. The van der Waals surface area contributed by atoms with E-state index in [0.29, 0.717) is 19.1 Å². The minimum atomic E-state index is -0.508. The van der Waals surface area contributed by atoms with Gasteiger partial charge in [-0.05, 0) is 44.6 Å². The molecule has 1 amide bonds. The summed E-state index contributed by atoms with van der Waals surface area (Å²) in [6, 6.07) is 0. The van der Waals surface area contributed by atoms with Gasteiger partial charge in [-0.2, -0.15) is 0 Å². The lowest BCUT2D eigenvalue weighted by Gasteiger charge is -2.33. The quantitative estimate of drug-likeness (QED) is 0.564. The maximum absolute atomic E-state index is 11.9. The van der Waals surface area contributed by atoms with Gasteiger partial charge in [-0.3, -0.25) is 4.79 Å². The molecule has 0 saturated heterocycles.